The van der Waals surface area contributed by atoms with E-state index in [-0.39, 0.29) is 29.9 Å². The van der Waals surface area contributed by atoms with Crippen LogP contribution in [0.3, 0.4) is 0 Å². The third-order valence-corrected chi connectivity index (χ3v) is 5.47. The number of hydrogen-bond donors (Lipinski definition) is 0. The smallest absolute Gasteiger partial charge is 0.289 e. The van der Waals surface area contributed by atoms with Gasteiger partial charge in [0, 0.05) is 38.3 Å². The second-order valence-corrected chi connectivity index (χ2v) is 7.83. The van der Waals surface area contributed by atoms with Crippen LogP contribution < -0.4 is 4.74 Å². The van der Waals surface area contributed by atoms with Crippen LogP contribution in [0.25, 0.3) is 0 Å². The molecule has 2 aromatic carbocycles. The number of hydrogen-bond acceptors (Lipinski definition) is 5. The molecule has 0 bridgehead atoms. The number of ketones is 1. The molecule has 0 N–H and O–H groups in total. The highest BCUT2D eigenvalue weighted by atomic mass is 19.1. The molecule has 0 unspecified atom stereocenters. The van der Waals surface area contributed by atoms with Crippen LogP contribution in [-0.2, 0) is 13.2 Å². The Labute approximate surface area is 186 Å². The minimum atomic E-state index is -0.234. The predicted octanol–water partition coefficient (Wildman–Crippen LogP) is 4.16. The van der Waals surface area contributed by atoms with Crippen molar-refractivity contribution in [3.8, 4) is 5.75 Å². The number of rotatable bonds is 7. The highest BCUT2D eigenvalue weighted by Crippen LogP contribution is 2.18. The molecule has 0 atom stereocenters. The summed E-state index contributed by atoms with van der Waals surface area (Å²) >= 11 is 0. The van der Waals surface area contributed by atoms with Gasteiger partial charge < -0.3 is 14.1 Å². The molecule has 0 spiro atoms. The van der Waals surface area contributed by atoms with E-state index < -0.39 is 0 Å². The molecule has 0 saturated carbocycles. The van der Waals surface area contributed by atoms with Gasteiger partial charge in [-0.15, -0.1) is 0 Å². The lowest BCUT2D eigenvalue weighted by Crippen LogP contribution is -2.48. The molecule has 4 rings (SSSR count). The molecular weight excluding hydrogens is 411 g/mol. The van der Waals surface area contributed by atoms with Crippen molar-refractivity contribution in [3.05, 3.63) is 89.1 Å². The zero-order valence-electron chi connectivity index (χ0n) is 17.9. The van der Waals surface area contributed by atoms with Crippen molar-refractivity contribution in [2.75, 3.05) is 26.2 Å². The molecule has 166 valence electrons. The maximum absolute atomic E-state index is 13.4. The highest BCUT2D eigenvalue weighted by Gasteiger charge is 2.24. The third-order valence-electron chi connectivity index (χ3n) is 5.47. The van der Waals surface area contributed by atoms with Crippen molar-refractivity contribution >= 4 is 11.7 Å². The number of benzene rings is 2. The van der Waals surface area contributed by atoms with Crippen molar-refractivity contribution in [2.24, 2.45) is 0 Å². The van der Waals surface area contributed by atoms with E-state index >= 15 is 0 Å². The summed E-state index contributed by atoms with van der Waals surface area (Å²) in [4.78, 5) is 28.1. The topological polar surface area (TPSA) is 63.0 Å². The van der Waals surface area contributed by atoms with Crippen LogP contribution in [0.1, 0.15) is 39.2 Å². The SMILES string of the molecule is CC(=O)c1ccc(OCc2ccc(C(=O)N3CCN(Cc4cccc(F)c4)CC3)o2)cc1. The molecule has 3 aromatic rings. The Morgan fingerprint density at radius 1 is 1.00 bits per heavy atom. The molecular formula is C25H25FN2O4. The minimum Gasteiger partial charge on any atom is -0.486 e. The Bertz CT molecular complexity index is 1090. The van der Waals surface area contributed by atoms with Gasteiger partial charge in [0.1, 0.15) is 23.9 Å². The number of nitrogens with zero attached hydrogens (tertiary/aromatic N) is 2. The first-order valence-corrected chi connectivity index (χ1v) is 10.6. The van der Waals surface area contributed by atoms with Crippen LogP contribution in [-0.4, -0.2) is 47.7 Å². The summed E-state index contributed by atoms with van der Waals surface area (Å²) in [6.45, 7) is 4.97. The van der Waals surface area contributed by atoms with Crippen LogP contribution in [0.4, 0.5) is 4.39 Å². The molecule has 1 saturated heterocycles. The Balaban J connectivity index is 1.27. The third kappa shape index (κ3) is 5.42. The fourth-order valence-electron chi connectivity index (χ4n) is 3.67. The van der Waals surface area contributed by atoms with Gasteiger partial charge in [0.25, 0.3) is 5.91 Å². The van der Waals surface area contributed by atoms with E-state index in [1.54, 1.807) is 53.4 Å². The summed E-state index contributed by atoms with van der Waals surface area (Å²) in [6.07, 6.45) is 0. The summed E-state index contributed by atoms with van der Waals surface area (Å²) in [6, 6.07) is 16.9. The molecule has 1 amide bonds. The van der Waals surface area contributed by atoms with E-state index in [0.29, 0.717) is 36.7 Å². The summed E-state index contributed by atoms with van der Waals surface area (Å²) < 4.78 is 24.7. The van der Waals surface area contributed by atoms with Crippen molar-refractivity contribution in [2.45, 2.75) is 20.1 Å². The standard InChI is InChI=1S/C25H25FN2O4/c1-18(29)20-5-7-22(8-6-20)31-17-23-9-10-24(32-23)25(30)28-13-11-27(12-14-28)16-19-3-2-4-21(26)15-19/h2-10,15H,11-14,16-17H2,1H3. The average Bonchev–Trinajstić information content (AvgIpc) is 3.27. The van der Waals surface area contributed by atoms with E-state index in [2.05, 4.69) is 4.90 Å². The van der Waals surface area contributed by atoms with E-state index in [1.807, 2.05) is 6.07 Å². The highest BCUT2D eigenvalue weighted by molar-refractivity contribution is 5.94. The quantitative estimate of drug-likeness (QED) is 0.521. The second kappa shape index (κ2) is 9.78. The van der Waals surface area contributed by atoms with Gasteiger partial charge in [-0.25, -0.2) is 4.39 Å². The predicted molar refractivity (Wildman–Crippen MR) is 117 cm³/mol. The lowest BCUT2D eigenvalue weighted by Gasteiger charge is -2.34. The normalized spacial score (nSPS) is 14.4. The molecule has 1 fully saturated rings. The second-order valence-electron chi connectivity index (χ2n) is 7.83. The van der Waals surface area contributed by atoms with Gasteiger partial charge in [-0.1, -0.05) is 12.1 Å². The molecule has 1 aliphatic rings. The number of furan rings is 1. The summed E-state index contributed by atoms with van der Waals surface area (Å²) in [5.41, 5.74) is 1.55. The molecule has 6 nitrogen and oxygen atoms in total. The van der Waals surface area contributed by atoms with Crippen molar-refractivity contribution < 1.29 is 23.1 Å². The average molecular weight is 436 g/mol. The summed E-state index contributed by atoms with van der Waals surface area (Å²) in [7, 11) is 0. The van der Waals surface area contributed by atoms with Gasteiger partial charge >= 0.3 is 0 Å². The van der Waals surface area contributed by atoms with Crippen molar-refractivity contribution in [3.63, 3.8) is 0 Å². The first-order valence-electron chi connectivity index (χ1n) is 10.6. The largest absolute Gasteiger partial charge is 0.486 e. The number of Topliss-reactive ketones (excluding diaryl/α,β-unsaturated/α-hetero) is 1. The van der Waals surface area contributed by atoms with Crippen LogP contribution in [0.15, 0.2) is 65.1 Å². The van der Waals surface area contributed by atoms with Crippen molar-refractivity contribution in [1.29, 1.82) is 0 Å². The lowest BCUT2D eigenvalue weighted by atomic mass is 10.1. The number of halogens is 1. The molecule has 0 radical (unpaired) electrons. The number of amides is 1. The van der Waals surface area contributed by atoms with Crippen LogP contribution >= 0.6 is 0 Å². The number of carbonyl (C=O) groups is 2. The van der Waals surface area contributed by atoms with E-state index in [4.69, 9.17) is 9.15 Å². The van der Waals surface area contributed by atoms with E-state index in [1.165, 1.54) is 13.0 Å². The summed E-state index contributed by atoms with van der Waals surface area (Å²) in [5, 5.41) is 0. The molecule has 32 heavy (non-hydrogen) atoms. The molecule has 0 aliphatic carbocycles. The van der Waals surface area contributed by atoms with Gasteiger partial charge in [-0.3, -0.25) is 14.5 Å². The minimum absolute atomic E-state index is 0.000496. The van der Waals surface area contributed by atoms with Gasteiger partial charge in [-0.2, -0.15) is 0 Å². The molecule has 7 heteroatoms. The van der Waals surface area contributed by atoms with E-state index in [0.717, 1.165) is 18.7 Å². The van der Waals surface area contributed by atoms with Gasteiger partial charge in [0.05, 0.1) is 0 Å². The maximum atomic E-state index is 13.4. The Morgan fingerprint density at radius 2 is 1.75 bits per heavy atom. The monoisotopic (exact) mass is 436 g/mol. The van der Waals surface area contributed by atoms with Crippen molar-refractivity contribution in [1.82, 2.24) is 9.80 Å². The van der Waals surface area contributed by atoms with Gasteiger partial charge in [-0.05, 0) is 61.0 Å². The van der Waals surface area contributed by atoms with Gasteiger partial charge in [0.15, 0.2) is 11.5 Å². The number of piperazine rings is 1. The van der Waals surface area contributed by atoms with Crippen LogP contribution in [0.5, 0.6) is 5.75 Å². The number of carbonyl (C=O) groups excluding carboxylic acids is 2. The molecule has 1 aromatic heterocycles. The Morgan fingerprint density at radius 3 is 2.44 bits per heavy atom. The molecule has 1 aliphatic heterocycles. The zero-order chi connectivity index (χ0) is 22.5. The zero-order valence-corrected chi connectivity index (χ0v) is 17.9. The van der Waals surface area contributed by atoms with Gasteiger partial charge in [0.2, 0.25) is 0 Å². The first kappa shape index (κ1) is 21.8. The Hall–Kier alpha value is -3.45. The Kier molecular flexibility index (Phi) is 6.66. The molecule has 2 heterocycles. The number of ether oxygens (including phenoxy) is 1. The fraction of sp³-hybridized carbons (Fsp3) is 0.280. The lowest BCUT2D eigenvalue weighted by molar-refractivity contribution is 0.0594. The fourth-order valence-corrected chi connectivity index (χ4v) is 3.67. The van der Waals surface area contributed by atoms with Crippen LogP contribution in [0.2, 0.25) is 0 Å². The maximum Gasteiger partial charge on any atom is 0.289 e. The van der Waals surface area contributed by atoms with Crippen LogP contribution in [0, 0.1) is 5.82 Å². The van der Waals surface area contributed by atoms with E-state index in [9.17, 15) is 14.0 Å². The summed E-state index contributed by atoms with van der Waals surface area (Å²) in [5.74, 6) is 1.08. The first-order chi connectivity index (χ1) is 15.5.